The van der Waals surface area contributed by atoms with E-state index in [0.717, 1.165) is 26.7 Å². The number of anilines is 3. The van der Waals surface area contributed by atoms with Gasteiger partial charge in [-0.1, -0.05) is 104 Å². The Bertz CT molecular complexity index is 1820. The summed E-state index contributed by atoms with van der Waals surface area (Å²) in [5.41, 5.74) is 13.3. The molecule has 0 radical (unpaired) electrons. The fraction of sp³-hybridized carbons (Fsp3) is 0.317. The average molecular weight is 738 g/mol. The molecule has 4 heteroatoms. The van der Waals surface area contributed by atoms with Crippen molar-refractivity contribution in [1.82, 2.24) is 0 Å². The number of hydrogen-bond donors (Lipinski definition) is 0. The Labute approximate surface area is 287 Å². The number of fused-ring (bicyclic) bond motifs is 4. The van der Waals surface area contributed by atoms with Crippen LogP contribution in [0.15, 0.2) is 99.9 Å². The quantitative estimate of drug-likeness (QED) is 0.141. The molecule has 0 N–H and O–H groups in total. The van der Waals surface area contributed by atoms with Gasteiger partial charge in [0.1, 0.15) is 0 Å². The molecule has 1 nitrogen and oxygen atoms in total. The van der Waals surface area contributed by atoms with Crippen LogP contribution in [0.5, 0.6) is 0 Å². The highest BCUT2D eigenvalue weighted by atomic mass is 79.9. The molecule has 2 aliphatic rings. The van der Waals surface area contributed by atoms with E-state index >= 15 is 0 Å². The molecule has 0 unspecified atom stereocenters. The van der Waals surface area contributed by atoms with E-state index < -0.39 is 8.07 Å². The number of nitrogens with zero attached hydrogens (tertiary/aromatic N) is 1. The number of benzene rings is 5. The third kappa shape index (κ3) is 5.07. The molecule has 2 aliphatic carbocycles. The largest absolute Gasteiger partial charge is 0.310 e. The van der Waals surface area contributed by atoms with Crippen LogP contribution in [0.3, 0.4) is 0 Å². The molecule has 0 spiro atoms. The predicted molar refractivity (Wildman–Crippen MR) is 205 cm³/mol. The van der Waals surface area contributed by atoms with E-state index in [1.165, 1.54) is 40.4 Å². The first-order valence-electron chi connectivity index (χ1n) is 16.6. The third-order valence-electron chi connectivity index (χ3n) is 10.8. The Kier molecular flexibility index (Phi) is 8.15. The van der Waals surface area contributed by atoms with Crippen LogP contribution in [-0.4, -0.2) is 8.07 Å². The van der Waals surface area contributed by atoms with E-state index in [1.807, 2.05) is 0 Å². The van der Waals surface area contributed by atoms with E-state index in [4.69, 9.17) is 0 Å². The third-order valence-corrected chi connectivity index (χ3v) is 19.0. The monoisotopic (exact) mass is 735 g/mol. The van der Waals surface area contributed by atoms with Gasteiger partial charge in [0, 0.05) is 26.0 Å². The lowest BCUT2D eigenvalue weighted by atomic mass is 9.90. The molecule has 230 valence electrons. The Morgan fingerprint density at radius 3 is 1.71 bits per heavy atom. The Morgan fingerprint density at radius 1 is 0.644 bits per heavy atom. The van der Waals surface area contributed by atoms with Crippen LogP contribution in [0.25, 0.3) is 21.9 Å². The molecule has 0 saturated heterocycles. The van der Waals surface area contributed by atoms with Crippen molar-refractivity contribution in [2.24, 2.45) is 0 Å². The van der Waals surface area contributed by atoms with Crippen molar-refractivity contribution < 1.29 is 0 Å². The van der Waals surface area contributed by atoms with Crippen molar-refractivity contribution >= 4 is 73.0 Å². The first-order valence-corrected chi connectivity index (χ1v) is 20.5. The Morgan fingerprint density at radius 2 is 1.18 bits per heavy atom. The lowest BCUT2D eigenvalue weighted by Crippen LogP contribution is -2.56. The SMILES string of the molecule is CC(C)[Si](c1c2c(c(C3CC3)c3ccc(N(c4ccc(Br)cc4)c4ccc(Br)cc4)cc13)Cc1ccccc1-2)(C(C)C)C(C)C. The van der Waals surface area contributed by atoms with Gasteiger partial charge < -0.3 is 4.90 Å². The summed E-state index contributed by atoms with van der Waals surface area (Å²) < 4.78 is 2.18. The topological polar surface area (TPSA) is 3.24 Å². The highest BCUT2D eigenvalue weighted by Crippen LogP contribution is 2.54. The molecule has 1 saturated carbocycles. The second-order valence-corrected chi connectivity index (χ2v) is 21.8. The van der Waals surface area contributed by atoms with Gasteiger partial charge in [0.05, 0.1) is 8.07 Å². The van der Waals surface area contributed by atoms with Gasteiger partial charge in [-0.3, -0.25) is 0 Å². The Hall–Kier alpha value is -2.66. The highest BCUT2D eigenvalue weighted by molar-refractivity contribution is 9.10. The molecule has 0 bridgehead atoms. The van der Waals surface area contributed by atoms with Crippen molar-refractivity contribution in [3.8, 4) is 11.1 Å². The van der Waals surface area contributed by atoms with Gasteiger partial charge in [-0.15, -0.1) is 0 Å². The minimum Gasteiger partial charge on any atom is -0.310 e. The van der Waals surface area contributed by atoms with Gasteiger partial charge in [-0.25, -0.2) is 0 Å². The van der Waals surface area contributed by atoms with Crippen LogP contribution in [-0.2, 0) is 6.42 Å². The van der Waals surface area contributed by atoms with Crippen LogP contribution in [0.1, 0.15) is 77.0 Å². The van der Waals surface area contributed by atoms with Crippen molar-refractivity contribution in [3.05, 3.63) is 117 Å². The molecular formula is C41H43Br2NSi. The minimum atomic E-state index is -2.09. The molecule has 7 rings (SSSR count). The smallest absolute Gasteiger partial charge is 0.0958 e. The first kappa shape index (κ1) is 31.0. The molecule has 45 heavy (non-hydrogen) atoms. The van der Waals surface area contributed by atoms with Crippen molar-refractivity contribution in [2.45, 2.75) is 83.3 Å². The van der Waals surface area contributed by atoms with Gasteiger partial charge in [0.25, 0.3) is 0 Å². The standard InChI is InChI=1S/C41H43Br2NSi/c1-25(2)45(26(3)4,27(5)6)41-37-24-34(44(32-17-13-30(42)14-18-32)33-19-15-31(43)16-20-33)21-22-36(37)39(28-11-12-28)38-23-29-9-7-8-10-35(29)40(38)41/h7-10,13-22,24-28H,11-12,23H2,1-6H3. The summed E-state index contributed by atoms with van der Waals surface area (Å²) in [5.74, 6) is 0.678. The summed E-state index contributed by atoms with van der Waals surface area (Å²) in [4.78, 5) is 2.43. The van der Waals surface area contributed by atoms with E-state index in [9.17, 15) is 0 Å². The van der Waals surface area contributed by atoms with Crippen molar-refractivity contribution in [1.29, 1.82) is 0 Å². The van der Waals surface area contributed by atoms with Crippen molar-refractivity contribution in [3.63, 3.8) is 0 Å². The van der Waals surface area contributed by atoms with E-state index in [0.29, 0.717) is 22.5 Å². The fourth-order valence-electron chi connectivity index (χ4n) is 9.07. The second-order valence-electron chi connectivity index (χ2n) is 14.2. The molecule has 0 heterocycles. The minimum absolute atomic E-state index is 0.613. The summed E-state index contributed by atoms with van der Waals surface area (Å²) in [7, 11) is -2.09. The van der Waals surface area contributed by atoms with Gasteiger partial charge in [0.2, 0.25) is 0 Å². The second kappa shape index (κ2) is 11.9. The zero-order valence-corrected chi connectivity index (χ0v) is 31.5. The zero-order chi connectivity index (χ0) is 31.6. The normalized spacial score (nSPS) is 14.5. The molecule has 5 aromatic rings. The van der Waals surface area contributed by atoms with Crippen LogP contribution >= 0.6 is 31.9 Å². The van der Waals surface area contributed by atoms with Gasteiger partial charge in [-0.05, 0) is 146 Å². The molecule has 1 fully saturated rings. The predicted octanol–water partition coefficient (Wildman–Crippen LogP) is 13.2. The summed E-state index contributed by atoms with van der Waals surface area (Å²) in [5, 5.41) is 4.73. The lowest BCUT2D eigenvalue weighted by Gasteiger charge is -2.46. The van der Waals surface area contributed by atoms with Crippen LogP contribution < -0.4 is 10.1 Å². The van der Waals surface area contributed by atoms with Gasteiger partial charge in [-0.2, -0.15) is 0 Å². The fourth-order valence-corrected chi connectivity index (χ4v) is 16.7. The summed E-state index contributed by atoms with van der Waals surface area (Å²) in [6.45, 7) is 15.2. The average Bonchev–Trinajstić information content (AvgIpc) is 3.78. The maximum Gasteiger partial charge on any atom is 0.0958 e. The number of halogens is 2. The summed E-state index contributed by atoms with van der Waals surface area (Å²) in [6.07, 6.45) is 3.69. The van der Waals surface area contributed by atoms with Crippen LogP contribution in [0.2, 0.25) is 16.6 Å². The van der Waals surface area contributed by atoms with E-state index in [2.05, 4.69) is 169 Å². The van der Waals surface area contributed by atoms with Crippen LogP contribution in [0, 0.1) is 0 Å². The van der Waals surface area contributed by atoms with Gasteiger partial charge in [0.15, 0.2) is 0 Å². The maximum atomic E-state index is 3.67. The molecule has 0 amide bonds. The molecule has 0 aromatic heterocycles. The lowest BCUT2D eigenvalue weighted by molar-refractivity contribution is 0.836. The molecule has 0 atom stereocenters. The first-order chi connectivity index (χ1) is 21.6. The number of hydrogen-bond acceptors (Lipinski definition) is 1. The molecule has 5 aromatic carbocycles. The van der Waals surface area contributed by atoms with Crippen molar-refractivity contribution in [2.75, 3.05) is 4.90 Å². The maximum absolute atomic E-state index is 3.67. The summed E-state index contributed by atoms with van der Waals surface area (Å²) in [6, 6.07) is 34.3. The Balaban J connectivity index is 1.62. The van der Waals surface area contributed by atoms with E-state index in [1.54, 1.807) is 21.9 Å². The number of rotatable bonds is 8. The highest BCUT2D eigenvalue weighted by Gasteiger charge is 2.49. The molecule has 0 aliphatic heterocycles. The van der Waals surface area contributed by atoms with E-state index in [-0.39, 0.29) is 0 Å². The summed E-state index contributed by atoms with van der Waals surface area (Å²) >= 11 is 7.34. The van der Waals surface area contributed by atoms with Crippen LogP contribution in [0.4, 0.5) is 17.1 Å². The zero-order valence-electron chi connectivity index (χ0n) is 27.3. The molecular weight excluding hydrogens is 694 g/mol. The van der Waals surface area contributed by atoms with Gasteiger partial charge >= 0.3 is 0 Å².